The van der Waals surface area contributed by atoms with Gasteiger partial charge in [-0.25, -0.2) is 9.98 Å². The Morgan fingerprint density at radius 1 is 0.974 bits per heavy atom. The van der Waals surface area contributed by atoms with Gasteiger partial charge in [0.1, 0.15) is 17.9 Å². The Bertz CT molecular complexity index is 1290. The number of amidine groups is 1. The lowest BCUT2D eigenvalue weighted by Gasteiger charge is -2.13. The van der Waals surface area contributed by atoms with E-state index in [0.29, 0.717) is 22.9 Å². The topological polar surface area (TPSA) is 95.9 Å². The van der Waals surface area contributed by atoms with Crippen molar-refractivity contribution >= 4 is 46.5 Å². The summed E-state index contributed by atoms with van der Waals surface area (Å²) in [6.07, 6.45) is -3.51. The highest BCUT2D eigenvalue weighted by Crippen LogP contribution is 2.25. The number of nitrogens with zero attached hydrogens (tertiary/aromatic N) is 2. The van der Waals surface area contributed by atoms with Gasteiger partial charge in [-0.15, -0.1) is 13.2 Å². The van der Waals surface area contributed by atoms with Crippen molar-refractivity contribution in [2.75, 3.05) is 5.32 Å². The maximum absolute atomic E-state index is 12.1. The van der Waals surface area contributed by atoms with Crippen molar-refractivity contribution < 1.29 is 17.9 Å². The minimum atomic E-state index is -4.73. The monoisotopic (exact) mass is 541 g/mol. The van der Waals surface area contributed by atoms with Gasteiger partial charge in [0.2, 0.25) is 0 Å². The van der Waals surface area contributed by atoms with Crippen LogP contribution in [0.2, 0.25) is 0 Å². The van der Waals surface area contributed by atoms with E-state index in [2.05, 4.69) is 52.1 Å². The van der Waals surface area contributed by atoms with Gasteiger partial charge in [-0.3, -0.25) is 0 Å². The number of alkyl halides is 3. The van der Waals surface area contributed by atoms with Gasteiger partial charge < -0.3 is 21.2 Å². The van der Waals surface area contributed by atoms with E-state index in [1.165, 1.54) is 24.0 Å². The standard InChI is InChI=1S/C17H15F3N4O.C11H15NS/c1-11(21)12-2-4-13(5-3-12)16(22)24-10-23-14-6-8-15(9-7-14)25-17(18,19)20;1-8(2)10-6-4-5-7-11(10)12-9(3)13/h2-10,21H,1H3,(H2,22,23,24);4-8H,1-3H3,(H,12,13). The largest absolute Gasteiger partial charge is 0.573 e. The average molecular weight is 542 g/mol. The van der Waals surface area contributed by atoms with Crippen molar-refractivity contribution in [1.82, 2.24) is 0 Å². The van der Waals surface area contributed by atoms with Crippen molar-refractivity contribution in [2.24, 2.45) is 15.7 Å². The molecule has 0 heterocycles. The quantitative estimate of drug-likeness (QED) is 0.163. The zero-order chi connectivity index (χ0) is 28.3. The number of para-hydroxylation sites is 1. The van der Waals surface area contributed by atoms with Gasteiger partial charge in [-0.1, -0.05) is 68.5 Å². The Labute approximate surface area is 226 Å². The first kappa shape index (κ1) is 30.2. The maximum Gasteiger partial charge on any atom is 0.573 e. The fourth-order valence-corrected chi connectivity index (χ4v) is 3.27. The molecule has 4 N–H and O–H groups in total. The molecule has 6 nitrogen and oxygen atoms in total. The third-order valence-electron chi connectivity index (χ3n) is 4.98. The summed E-state index contributed by atoms with van der Waals surface area (Å²) >= 11 is 5.01. The first-order valence-electron chi connectivity index (χ1n) is 11.6. The second-order valence-electron chi connectivity index (χ2n) is 8.43. The Kier molecular flexibility index (Phi) is 11.1. The molecule has 0 spiro atoms. The summed E-state index contributed by atoms with van der Waals surface area (Å²) in [5.41, 5.74) is 10.6. The SMILES string of the molecule is CC(=N)c1ccc(C(N)=NC=Nc2ccc(OC(F)(F)F)cc2)cc1.CC(=S)Nc1ccccc1C(C)C. The highest BCUT2D eigenvalue weighted by atomic mass is 32.1. The van der Waals surface area contributed by atoms with Crippen LogP contribution in [0.1, 0.15) is 50.3 Å². The van der Waals surface area contributed by atoms with E-state index in [1.807, 2.05) is 13.0 Å². The summed E-state index contributed by atoms with van der Waals surface area (Å²) in [5.74, 6) is 0.434. The third-order valence-corrected chi connectivity index (χ3v) is 5.08. The van der Waals surface area contributed by atoms with E-state index < -0.39 is 6.36 Å². The molecular formula is C28H30F3N5OS. The van der Waals surface area contributed by atoms with Crippen molar-refractivity contribution in [3.8, 4) is 5.75 Å². The van der Waals surface area contributed by atoms with Crippen molar-refractivity contribution in [2.45, 2.75) is 40.0 Å². The van der Waals surface area contributed by atoms with Gasteiger partial charge in [0, 0.05) is 17.0 Å². The minimum absolute atomic E-state index is 0.231. The van der Waals surface area contributed by atoms with Crippen LogP contribution in [0.4, 0.5) is 24.5 Å². The van der Waals surface area contributed by atoms with Crippen LogP contribution >= 0.6 is 12.2 Å². The number of hydrogen-bond acceptors (Lipinski definition) is 4. The Balaban J connectivity index is 0.000000328. The highest BCUT2D eigenvalue weighted by molar-refractivity contribution is 7.80. The van der Waals surface area contributed by atoms with E-state index >= 15 is 0 Å². The number of halogens is 3. The molecule has 0 aliphatic carbocycles. The molecule has 0 aliphatic rings. The summed E-state index contributed by atoms with van der Waals surface area (Å²) in [6.45, 7) is 7.94. The van der Waals surface area contributed by atoms with Crippen molar-refractivity contribution in [3.05, 3.63) is 89.5 Å². The number of anilines is 1. The molecule has 10 heteroatoms. The van der Waals surface area contributed by atoms with Crippen LogP contribution in [0.15, 0.2) is 82.8 Å². The molecule has 38 heavy (non-hydrogen) atoms. The molecule has 3 aromatic carbocycles. The Morgan fingerprint density at radius 3 is 2.08 bits per heavy atom. The van der Waals surface area contributed by atoms with Crippen LogP contribution in [-0.2, 0) is 0 Å². The fourth-order valence-electron chi connectivity index (χ4n) is 3.16. The predicted molar refractivity (Wildman–Crippen MR) is 153 cm³/mol. The number of thiocarbonyl (C=S) groups is 1. The van der Waals surface area contributed by atoms with E-state index in [1.54, 1.807) is 31.2 Å². The van der Waals surface area contributed by atoms with Crippen molar-refractivity contribution in [3.63, 3.8) is 0 Å². The molecule has 0 saturated heterocycles. The number of nitrogens with two attached hydrogens (primary N) is 1. The first-order valence-corrected chi connectivity index (χ1v) is 12.0. The lowest BCUT2D eigenvalue weighted by atomic mass is 10.0. The second-order valence-corrected chi connectivity index (χ2v) is 9.04. The summed E-state index contributed by atoms with van der Waals surface area (Å²) < 4.78 is 40.0. The Morgan fingerprint density at radius 2 is 1.55 bits per heavy atom. The number of nitrogens with one attached hydrogen (secondary N) is 2. The third kappa shape index (κ3) is 10.5. The molecule has 0 radical (unpaired) electrons. The molecular weight excluding hydrogens is 511 g/mol. The molecule has 0 aliphatic heterocycles. The lowest BCUT2D eigenvalue weighted by molar-refractivity contribution is -0.274. The van der Waals surface area contributed by atoms with Crippen LogP contribution in [0.25, 0.3) is 0 Å². The smallest absolute Gasteiger partial charge is 0.406 e. The summed E-state index contributed by atoms with van der Waals surface area (Å²) in [7, 11) is 0. The summed E-state index contributed by atoms with van der Waals surface area (Å²) in [5, 5.41) is 10.7. The summed E-state index contributed by atoms with van der Waals surface area (Å²) in [6, 6.07) is 20.3. The predicted octanol–water partition coefficient (Wildman–Crippen LogP) is 7.61. The van der Waals surface area contributed by atoms with Gasteiger partial charge in [-0.05, 0) is 61.2 Å². The molecule has 0 saturated carbocycles. The van der Waals surface area contributed by atoms with Crippen molar-refractivity contribution in [1.29, 1.82) is 5.41 Å². The van der Waals surface area contributed by atoms with Crippen LogP contribution < -0.4 is 15.8 Å². The molecule has 0 atom stereocenters. The number of aliphatic imine (C=N–C) groups is 2. The normalized spacial score (nSPS) is 11.6. The number of hydrogen-bond donors (Lipinski definition) is 3. The van der Waals surface area contributed by atoms with Crippen LogP contribution in [0.3, 0.4) is 0 Å². The zero-order valence-electron chi connectivity index (χ0n) is 21.5. The molecule has 0 amide bonds. The fraction of sp³-hybridized carbons (Fsp3) is 0.214. The van der Waals surface area contributed by atoms with Gasteiger partial charge in [0.05, 0.1) is 10.7 Å². The molecule has 3 rings (SSSR count). The summed E-state index contributed by atoms with van der Waals surface area (Å²) in [4.78, 5) is 8.79. The molecule has 3 aromatic rings. The van der Waals surface area contributed by atoms with Crippen LogP contribution in [-0.4, -0.2) is 29.2 Å². The average Bonchev–Trinajstić information content (AvgIpc) is 2.84. The Hall–Kier alpha value is -4.05. The second kappa shape index (κ2) is 14.0. The van der Waals surface area contributed by atoms with Gasteiger partial charge in [0.15, 0.2) is 0 Å². The molecule has 200 valence electrons. The zero-order valence-corrected chi connectivity index (χ0v) is 22.3. The van der Waals surface area contributed by atoms with Crippen LogP contribution in [0, 0.1) is 5.41 Å². The number of ether oxygens (including phenoxy) is 1. The van der Waals surface area contributed by atoms with E-state index in [9.17, 15) is 13.2 Å². The lowest BCUT2D eigenvalue weighted by Crippen LogP contribution is -2.16. The van der Waals surface area contributed by atoms with E-state index in [0.717, 1.165) is 28.4 Å². The van der Waals surface area contributed by atoms with Gasteiger partial charge in [-0.2, -0.15) is 0 Å². The van der Waals surface area contributed by atoms with Crippen LogP contribution in [0.5, 0.6) is 5.75 Å². The molecule has 0 aromatic heterocycles. The number of benzene rings is 3. The molecule has 0 bridgehead atoms. The molecule has 0 unspecified atom stereocenters. The minimum Gasteiger partial charge on any atom is -0.406 e. The van der Waals surface area contributed by atoms with Gasteiger partial charge in [0.25, 0.3) is 0 Å². The molecule has 0 fully saturated rings. The maximum atomic E-state index is 12.1. The number of rotatable bonds is 7. The van der Waals surface area contributed by atoms with E-state index in [4.69, 9.17) is 23.4 Å². The van der Waals surface area contributed by atoms with Gasteiger partial charge >= 0.3 is 6.36 Å². The highest BCUT2D eigenvalue weighted by Gasteiger charge is 2.30. The first-order chi connectivity index (χ1) is 17.9. The van der Waals surface area contributed by atoms with E-state index in [-0.39, 0.29) is 11.6 Å².